The number of aromatic nitrogens is 1. The number of benzene rings is 1. The van der Waals surface area contributed by atoms with Gasteiger partial charge >= 0.3 is 0 Å². The van der Waals surface area contributed by atoms with Gasteiger partial charge in [0.15, 0.2) is 0 Å². The molecule has 1 N–H and O–H groups in total. The van der Waals surface area contributed by atoms with Gasteiger partial charge < -0.3 is 10.2 Å². The highest BCUT2D eigenvalue weighted by molar-refractivity contribution is 5.86. The maximum absolute atomic E-state index is 4.56. The van der Waals surface area contributed by atoms with Crippen LogP contribution in [0, 0.1) is 6.92 Å². The van der Waals surface area contributed by atoms with E-state index in [9.17, 15) is 0 Å². The normalized spacial score (nSPS) is 10.5. The summed E-state index contributed by atoms with van der Waals surface area (Å²) < 4.78 is 0. The fourth-order valence-corrected chi connectivity index (χ4v) is 1.80. The Morgan fingerprint density at radius 1 is 1.19 bits per heavy atom. The molecule has 1 aromatic carbocycles. The average Bonchev–Trinajstić information content (AvgIpc) is 2.28. The van der Waals surface area contributed by atoms with E-state index in [1.54, 1.807) is 0 Å². The Labute approximate surface area is 96.1 Å². The molecule has 0 unspecified atom stereocenters. The molecule has 0 bridgehead atoms. The van der Waals surface area contributed by atoms with Crippen molar-refractivity contribution in [3.8, 4) is 0 Å². The molecule has 0 spiro atoms. The molecule has 0 aliphatic carbocycles. The van der Waals surface area contributed by atoms with Gasteiger partial charge in [-0.1, -0.05) is 6.07 Å². The molecule has 84 valence electrons. The summed E-state index contributed by atoms with van der Waals surface area (Å²) >= 11 is 0. The van der Waals surface area contributed by atoms with E-state index in [4.69, 9.17) is 0 Å². The smallest absolute Gasteiger partial charge is 0.126 e. The Balaban J connectivity index is 2.66. The van der Waals surface area contributed by atoms with Crippen molar-refractivity contribution in [3.63, 3.8) is 0 Å². The summed E-state index contributed by atoms with van der Waals surface area (Å²) in [4.78, 5) is 6.65. The van der Waals surface area contributed by atoms with Gasteiger partial charge in [-0.2, -0.15) is 0 Å². The Bertz CT molecular complexity index is 518. The van der Waals surface area contributed by atoms with Gasteiger partial charge in [-0.3, -0.25) is 0 Å². The number of hydrogen-bond acceptors (Lipinski definition) is 3. The highest BCUT2D eigenvalue weighted by Gasteiger charge is 2.03. The predicted molar refractivity (Wildman–Crippen MR) is 70.4 cm³/mol. The number of rotatable bonds is 2. The van der Waals surface area contributed by atoms with Gasteiger partial charge in [0.1, 0.15) is 5.82 Å². The molecule has 3 nitrogen and oxygen atoms in total. The summed E-state index contributed by atoms with van der Waals surface area (Å²) in [6, 6.07) is 8.43. The van der Waals surface area contributed by atoms with Gasteiger partial charge in [0, 0.05) is 32.2 Å². The topological polar surface area (TPSA) is 28.2 Å². The van der Waals surface area contributed by atoms with E-state index in [1.165, 1.54) is 16.6 Å². The molecule has 1 aromatic heterocycles. The van der Waals surface area contributed by atoms with Crippen LogP contribution in [0.1, 0.15) is 5.56 Å². The first-order valence-corrected chi connectivity index (χ1v) is 5.38. The Morgan fingerprint density at radius 3 is 2.56 bits per heavy atom. The monoisotopic (exact) mass is 215 g/mol. The van der Waals surface area contributed by atoms with Crippen molar-refractivity contribution in [2.75, 3.05) is 31.4 Å². The van der Waals surface area contributed by atoms with Gasteiger partial charge in [0.25, 0.3) is 0 Å². The van der Waals surface area contributed by atoms with Crippen LogP contribution in [0.3, 0.4) is 0 Å². The van der Waals surface area contributed by atoms with Crippen molar-refractivity contribution in [2.45, 2.75) is 6.92 Å². The quantitative estimate of drug-likeness (QED) is 0.834. The Morgan fingerprint density at radius 2 is 1.94 bits per heavy atom. The lowest BCUT2D eigenvalue weighted by Gasteiger charge is -2.14. The maximum Gasteiger partial charge on any atom is 0.126 e. The van der Waals surface area contributed by atoms with E-state index in [-0.39, 0.29) is 0 Å². The third-order valence-corrected chi connectivity index (χ3v) is 2.77. The fourth-order valence-electron chi connectivity index (χ4n) is 1.80. The van der Waals surface area contributed by atoms with E-state index >= 15 is 0 Å². The number of anilines is 2. The minimum atomic E-state index is 0.918. The maximum atomic E-state index is 4.56. The van der Waals surface area contributed by atoms with Gasteiger partial charge in [-0.05, 0) is 30.7 Å². The lowest BCUT2D eigenvalue weighted by atomic mass is 10.1. The number of aryl methyl sites for hydroxylation is 1. The fraction of sp³-hybridized carbons (Fsp3) is 0.308. The number of hydrogen-bond donors (Lipinski definition) is 1. The van der Waals surface area contributed by atoms with Crippen molar-refractivity contribution in [1.29, 1.82) is 0 Å². The van der Waals surface area contributed by atoms with Crippen molar-refractivity contribution < 1.29 is 0 Å². The zero-order valence-electron chi connectivity index (χ0n) is 10.2. The highest BCUT2D eigenvalue weighted by atomic mass is 15.1. The van der Waals surface area contributed by atoms with Gasteiger partial charge in [0.2, 0.25) is 0 Å². The van der Waals surface area contributed by atoms with Crippen LogP contribution in [-0.2, 0) is 0 Å². The van der Waals surface area contributed by atoms with E-state index < -0.39 is 0 Å². The minimum absolute atomic E-state index is 0.918. The van der Waals surface area contributed by atoms with E-state index in [0.717, 1.165) is 11.3 Å². The van der Waals surface area contributed by atoms with E-state index in [0.29, 0.717) is 0 Å². The summed E-state index contributed by atoms with van der Waals surface area (Å²) in [7, 11) is 5.97. The Hall–Kier alpha value is -1.77. The standard InChI is InChI=1S/C13H17N3/c1-9-7-13(14-2)15-12-8-10(16(3)4)5-6-11(9)12/h5-8H,1-4H3,(H,14,15). The van der Waals surface area contributed by atoms with Crippen LogP contribution in [0.25, 0.3) is 10.9 Å². The molecule has 1 heterocycles. The van der Waals surface area contributed by atoms with Crippen LogP contribution in [-0.4, -0.2) is 26.1 Å². The van der Waals surface area contributed by atoms with Crippen molar-refractivity contribution in [2.24, 2.45) is 0 Å². The summed E-state index contributed by atoms with van der Waals surface area (Å²) in [6.45, 7) is 2.11. The molecule has 2 rings (SSSR count). The first kappa shape index (κ1) is 10.7. The van der Waals surface area contributed by atoms with Crippen LogP contribution < -0.4 is 10.2 Å². The molecular weight excluding hydrogens is 198 g/mol. The molecule has 0 aliphatic rings. The number of pyridine rings is 1. The number of nitrogens with zero attached hydrogens (tertiary/aromatic N) is 2. The average molecular weight is 215 g/mol. The Kier molecular flexibility index (Phi) is 2.69. The third-order valence-electron chi connectivity index (χ3n) is 2.77. The molecule has 0 fully saturated rings. The van der Waals surface area contributed by atoms with Crippen molar-refractivity contribution in [3.05, 3.63) is 29.8 Å². The largest absolute Gasteiger partial charge is 0.378 e. The molecule has 0 radical (unpaired) electrons. The molecule has 16 heavy (non-hydrogen) atoms. The predicted octanol–water partition coefficient (Wildman–Crippen LogP) is 2.65. The van der Waals surface area contributed by atoms with Crippen LogP contribution in [0.15, 0.2) is 24.3 Å². The molecule has 0 aliphatic heterocycles. The van der Waals surface area contributed by atoms with Crippen LogP contribution in [0.4, 0.5) is 11.5 Å². The zero-order chi connectivity index (χ0) is 11.7. The lowest BCUT2D eigenvalue weighted by Crippen LogP contribution is -2.08. The molecule has 0 saturated heterocycles. The second kappa shape index (κ2) is 4.00. The van der Waals surface area contributed by atoms with Crippen molar-refractivity contribution in [1.82, 2.24) is 4.98 Å². The SMILES string of the molecule is CNc1cc(C)c2ccc(N(C)C)cc2n1. The van der Waals surface area contributed by atoms with E-state index in [1.807, 2.05) is 21.1 Å². The summed E-state index contributed by atoms with van der Waals surface area (Å²) in [5.41, 5.74) is 3.46. The third kappa shape index (κ3) is 1.81. The van der Waals surface area contributed by atoms with Gasteiger partial charge in [0.05, 0.1) is 5.52 Å². The summed E-state index contributed by atoms with van der Waals surface area (Å²) in [5, 5.41) is 4.30. The molecule has 0 saturated carbocycles. The lowest BCUT2D eigenvalue weighted by molar-refractivity contribution is 1.13. The summed E-state index contributed by atoms with van der Waals surface area (Å²) in [5.74, 6) is 0.918. The number of fused-ring (bicyclic) bond motifs is 1. The van der Waals surface area contributed by atoms with Gasteiger partial charge in [-0.15, -0.1) is 0 Å². The van der Waals surface area contributed by atoms with Crippen molar-refractivity contribution >= 4 is 22.4 Å². The van der Waals surface area contributed by atoms with Crippen LogP contribution >= 0.6 is 0 Å². The molecular formula is C13H17N3. The zero-order valence-corrected chi connectivity index (χ0v) is 10.2. The van der Waals surface area contributed by atoms with Gasteiger partial charge in [-0.25, -0.2) is 4.98 Å². The molecule has 2 aromatic rings. The second-order valence-electron chi connectivity index (χ2n) is 4.17. The molecule has 0 atom stereocenters. The van der Waals surface area contributed by atoms with Crippen LogP contribution in [0.2, 0.25) is 0 Å². The summed E-state index contributed by atoms with van der Waals surface area (Å²) in [6.07, 6.45) is 0. The molecule has 3 heteroatoms. The first-order chi connectivity index (χ1) is 7.61. The molecule has 0 amide bonds. The number of nitrogens with one attached hydrogen (secondary N) is 1. The minimum Gasteiger partial charge on any atom is -0.378 e. The van der Waals surface area contributed by atoms with Crippen LogP contribution in [0.5, 0.6) is 0 Å². The first-order valence-electron chi connectivity index (χ1n) is 5.38. The van der Waals surface area contributed by atoms with E-state index in [2.05, 4.69) is 46.4 Å². The highest BCUT2D eigenvalue weighted by Crippen LogP contribution is 2.24. The second-order valence-corrected chi connectivity index (χ2v) is 4.17.